The van der Waals surface area contributed by atoms with Crippen LogP contribution < -0.4 is 5.32 Å². The Morgan fingerprint density at radius 2 is 2.27 bits per heavy atom. The number of fused-ring (bicyclic) bond motifs is 1. The summed E-state index contributed by atoms with van der Waals surface area (Å²) in [6, 6.07) is 5.06. The molecule has 1 aromatic carbocycles. The molecule has 9 heteroatoms. The lowest BCUT2D eigenvalue weighted by Crippen LogP contribution is -2.42. The second kappa shape index (κ2) is 5.88. The van der Waals surface area contributed by atoms with Gasteiger partial charge >= 0.3 is 0 Å². The van der Waals surface area contributed by atoms with Gasteiger partial charge in [-0.05, 0) is 40.9 Å². The van der Waals surface area contributed by atoms with Crippen LogP contribution >= 0.6 is 27.3 Å². The molecule has 2 aromatic rings. The number of carbonyl (C=O) groups excluding carboxylic acids is 1. The monoisotopic (exact) mass is 403 g/mol. The van der Waals surface area contributed by atoms with Gasteiger partial charge in [0.25, 0.3) is 0 Å². The third kappa shape index (κ3) is 3.03. The van der Waals surface area contributed by atoms with Crippen molar-refractivity contribution in [2.24, 2.45) is 0 Å². The fourth-order valence-electron chi connectivity index (χ4n) is 2.56. The number of rotatable bonds is 3. The Balaban J connectivity index is 1.82. The molecule has 2 heterocycles. The number of nitrogens with zero attached hydrogens (tertiary/aromatic N) is 2. The number of carbonyl (C=O) groups is 1. The maximum atomic E-state index is 12.4. The molecule has 1 saturated heterocycles. The zero-order valence-corrected chi connectivity index (χ0v) is 15.0. The van der Waals surface area contributed by atoms with Crippen molar-refractivity contribution in [3.63, 3.8) is 0 Å². The van der Waals surface area contributed by atoms with Gasteiger partial charge in [0.2, 0.25) is 15.9 Å². The van der Waals surface area contributed by atoms with E-state index in [-0.39, 0.29) is 5.91 Å². The Labute approximate surface area is 140 Å². The van der Waals surface area contributed by atoms with Gasteiger partial charge in [-0.2, -0.15) is 4.31 Å². The Morgan fingerprint density at radius 3 is 2.95 bits per heavy atom. The van der Waals surface area contributed by atoms with Crippen LogP contribution in [0.25, 0.3) is 10.2 Å². The third-order valence-corrected chi connectivity index (χ3v) is 6.40. The van der Waals surface area contributed by atoms with Crippen LogP contribution in [0.15, 0.2) is 22.7 Å². The Kier molecular flexibility index (Phi) is 4.23. The number of anilines is 1. The van der Waals surface area contributed by atoms with Gasteiger partial charge in [0.15, 0.2) is 5.13 Å². The highest BCUT2D eigenvalue weighted by atomic mass is 79.9. The first-order chi connectivity index (χ1) is 10.4. The summed E-state index contributed by atoms with van der Waals surface area (Å²) in [7, 11) is -3.37. The van der Waals surface area contributed by atoms with Crippen LogP contribution in [0.4, 0.5) is 5.13 Å². The fourth-order valence-corrected chi connectivity index (χ4v) is 5.16. The molecule has 1 aromatic heterocycles. The van der Waals surface area contributed by atoms with Crippen molar-refractivity contribution in [2.45, 2.75) is 18.9 Å². The SMILES string of the molecule is CS(=O)(=O)N1CCCC1C(=O)Nc1nc2c(Br)cccc2s1. The van der Waals surface area contributed by atoms with Crippen molar-refractivity contribution in [3.8, 4) is 0 Å². The minimum atomic E-state index is -3.37. The first-order valence-electron chi connectivity index (χ1n) is 6.69. The van der Waals surface area contributed by atoms with E-state index in [1.165, 1.54) is 15.6 Å². The Morgan fingerprint density at radius 1 is 1.50 bits per heavy atom. The number of halogens is 1. The van der Waals surface area contributed by atoms with E-state index in [2.05, 4.69) is 26.2 Å². The molecule has 1 amide bonds. The summed E-state index contributed by atoms with van der Waals surface area (Å²) in [5, 5.41) is 3.22. The van der Waals surface area contributed by atoms with E-state index in [1.807, 2.05) is 18.2 Å². The molecular weight excluding hydrogens is 390 g/mol. The van der Waals surface area contributed by atoms with Gasteiger partial charge < -0.3 is 5.32 Å². The zero-order valence-electron chi connectivity index (χ0n) is 11.7. The second-order valence-electron chi connectivity index (χ2n) is 5.13. The number of para-hydroxylation sites is 1. The standard InChI is InChI=1S/C13H14BrN3O3S2/c1-22(19,20)17-7-3-5-9(17)12(18)16-13-15-11-8(14)4-2-6-10(11)21-13/h2,4,6,9H,3,5,7H2,1H3,(H,15,16,18). The molecule has 0 bridgehead atoms. The molecule has 0 spiro atoms. The van der Waals surface area contributed by atoms with Gasteiger partial charge in [0.1, 0.15) is 6.04 Å². The quantitative estimate of drug-likeness (QED) is 0.852. The number of thiazole rings is 1. The van der Waals surface area contributed by atoms with Gasteiger partial charge in [-0.25, -0.2) is 13.4 Å². The highest BCUT2D eigenvalue weighted by Gasteiger charge is 2.36. The molecule has 118 valence electrons. The first-order valence-corrected chi connectivity index (χ1v) is 10.1. The number of nitrogens with one attached hydrogen (secondary N) is 1. The van der Waals surface area contributed by atoms with Crippen molar-refractivity contribution in [2.75, 3.05) is 18.1 Å². The van der Waals surface area contributed by atoms with Gasteiger partial charge in [-0.3, -0.25) is 4.79 Å². The molecule has 1 aliphatic heterocycles. The maximum absolute atomic E-state index is 12.4. The molecule has 0 saturated carbocycles. The third-order valence-electron chi connectivity index (χ3n) is 3.53. The number of amides is 1. The fraction of sp³-hybridized carbons (Fsp3) is 0.385. The normalized spacial score (nSPS) is 19.6. The van der Waals surface area contributed by atoms with E-state index in [0.29, 0.717) is 24.5 Å². The molecule has 1 fully saturated rings. The summed E-state index contributed by atoms with van der Waals surface area (Å²) >= 11 is 4.79. The van der Waals surface area contributed by atoms with Crippen LogP contribution in [0.1, 0.15) is 12.8 Å². The number of sulfonamides is 1. The Hall–Kier alpha value is -1.03. The van der Waals surface area contributed by atoms with E-state index in [1.54, 1.807) is 0 Å². The number of benzene rings is 1. The first kappa shape index (κ1) is 15.9. The van der Waals surface area contributed by atoms with Crippen LogP contribution in [0, 0.1) is 0 Å². The molecular formula is C13H14BrN3O3S2. The van der Waals surface area contributed by atoms with E-state index >= 15 is 0 Å². The van der Waals surface area contributed by atoms with Crippen LogP contribution in [0.5, 0.6) is 0 Å². The van der Waals surface area contributed by atoms with Gasteiger partial charge in [0.05, 0.1) is 16.5 Å². The molecule has 0 radical (unpaired) electrons. The lowest BCUT2D eigenvalue weighted by atomic mass is 10.2. The van der Waals surface area contributed by atoms with Crippen LogP contribution in [0.3, 0.4) is 0 Å². The van der Waals surface area contributed by atoms with Crippen molar-refractivity contribution in [1.29, 1.82) is 0 Å². The summed E-state index contributed by atoms with van der Waals surface area (Å²) in [5.41, 5.74) is 0.786. The van der Waals surface area contributed by atoms with Crippen LogP contribution in [0.2, 0.25) is 0 Å². The molecule has 1 unspecified atom stereocenters. The topological polar surface area (TPSA) is 79.4 Å². The van der Waals surface area contributed by atoms with Gasteiger partial charge in [-0.15, -0.1) is 0 Å². The van der Waals surface area contributed by atoms with Gasteiger partial charge in [-0.1, -0.05) is 17.4 Å². The molecule has 22 heavy (non-hydrogen) atoms. The van der Waals surface area contributed by atoms with E-state index in [9.17, 15) is 13.2 Å². The maximum Gasteiger partial charge on any atom is 0.244 e. The molecule has 1 N–H and O–H groups in total. The highest BCUT2D eigenvalue weighted by molar-refractivity contribution is 9.10. The number of hydrogen-bond acceptors (Lipinski definition) is 5. The number of aromatic nitrogens is 1. The summed E-state index contributed by atoms with van der Waals surface area (Å²) in [5.74, 6) is -0.321. The summed E-state index contributed by atoms with van der Waals surface area (Å²) in [6.07, 6.45) is 2.36. The molecule has 1 atom stereocenters. The average molecular weight is 404 g/mol. The lowest BCUT2D eigenvalue weighted by Gasteiger charge is -2.20. The van der Waals surface area contributed by atoms with Crippen molar-refractivity contribution < 1.29 is 13.2 Å². The minimum Gasteiger partial charge on any atom is -0.301 e. The molecule has 3 rings (SSSR count). The summed E-state index contributed by atoms with van der Waals surface area (Å²) < 4.78 is 26.5. The smallest absolute Gasteiger partial charge is 0.244 e. The minimum absolute atomic E-state index is 0.321. The largest absolute Gasteiger partial charge is 0.301 e. The molecule has 6 nitrogen and oxygen atoms in total. The van der Waals surface area contributed by atoms with Crippen LogP contribution in [-0.4, -0.2) is 42.5 Å². The molecule has 1 aliphatic rings. The second-order valence-corrected chi connectivity index (χ2v) is 8.95. The van der Waals surface area contributed by atoms with Crippen molar-refractivity contribution in [1.82, 2.24) is 9.29 Å². The summed E-state index contributed by atoms with van der Waals surface area (Å²) in [4.78, 5) is 16.8. The van der Waals surface area contributed by atoms with Gasteiger partial charge in [0, 0.05) is 11.0 Å². The number of hydrogen-bond donors (Lipinski definition) is 1. The lowest BCUT2D eigenvalue weighted by molar-refractivity contribution is -0.119. The van der Waals surface area contributed by atoms with E-state index < -0.39 is 16.1 Å². The predicted octanol–water partition coefficient (Wildman–Crippen LogP) is 2.42. The molecule has 0 aliphatic carbocycles. The average Bonchev–Trinajstić information content (AvgIpc) is 3.04. The van der Waals surface area contributed by atoms with Crippen molar-refractivity contribution >= 4 is 58.5 Å². The highest BCUT2D eigenvalue weighted by Crippen LogP contribution is 2.31. The summed E-state index contributed by atoms with van der Waals surface area (Å²) in [6.45, 7) is 0.391. The Bertz CT molecular complexity index is 834. The predicted molar refractivity (Wildman–Crippen MR) is 90.5 cm³/mol. The zero-order chi connectivity index (χ0) is 15.9. The van der Waals surface area contributed by atoms with Crippen molar-refractivity contribution in [3.05, 3.63) is 22.7 Å². The van der Waals surface area contributed by atoms with E-state index in [0.717, 1.165) is 20.9 Å². The van der Waals surface area contributed by atoms with E-state index in [4.69, 9.17) is 0 Å². The van der Waals surface area contributed by atoms with Crippen LogP contribution in [-0.2, 0) is 14.8 Å².